The molecule has 1 amide bonds. The van der Waals surface area contributed by atoms with E-state index in [4.69, 9.17) is 0 Å². The summed E-state index contributed by atoms with van der Waals surface area (Å²) in [7, 11) is 0. The van der Waals surface area contributed by atoms with Crippen LogP contribution in [0.2, 0.25) is 0 Å². The normalized spacial score (nSPS) is 16.7. The smallest absolute Gasteiger partial charge is 0.271 e. The van der Waals surface area contributed by atoms with Crippen molar-refractivity contribution in [1.29, 1.82) is 0 Å². The monoisotopic (exact) mass is 259 g/mol. The highest BCUT2D eigenvalue weighted by atomic mass is 16.2. The number of amides is 1. The van der Waals surface area contributed by atoms with E-state index in [1.165, 1.54) is 19.3 Å². The number of rotatable bonds is 2. The highest BCUT2D eigenvalue weighted by Gasteiger charge is 2.18. The second-order valence-electron chi connectivity index (χ2n) is 5.04. The first-order chi connectivity index (χ1) is 9.24. The highest BCUT2D eigenvalue weighted by Crippen LogP contribution is 2.17. The van der Waals surface area contributed by atoms with Crippen LogP contribution in [0.1, 0.15) is 48.4 Å². The summed E-state index contributed by atoms with van der Waals surface area (Å²) in [5, 5.41) is 15.2. The van der Waals surface area contributed by atoms with E-state index in [0.717, 1.165) is 12.8 Å². The van der Waals surface area contributed by atoms with Crippen LogP contribution in [0.15, 0.2) is 12.1 Å². The predicted molar refractivity (Wildman–Crippen MR) is 69.9 cm³/mol. The Kier molecular flexibility index (Phi) is 3.15. The van der Waals surface area contributed by atoms with Gasteiger partial charge in [0.25, 0.3) is 5.91 Å². The third-order valence-electron chi connectivity index (χ3n) is 3.59. The van der Waals surface area contributed by atoms with Crippen molar-refractivity contribution in [3.8, 4) is 0 Å². The molecule has 6 heteroatoms. The molecule has 2 aromatic heterocycles. The quantitative estimate of drug-likeness (QED) is 0.887. The van der Waals surface area contributed by atoms with E-state index in [0.29, 0.717) is 23.2 Å². The van der Waals surface area contributed by atoms with Crippen molar-refractivity contribution in [2.75, 3.05) is 0 Å². The van der Waals surface area contributed by atoms with Crippen molar-refractivity contribution >= 4 is 11.6 Å². The molecule has 0 spiro atoms. The van der Waals surface area contributed by atoms with Gasteiger partial charge in [-0.2, -0.15) is 9.61 Å². The van der Waals surface area contributed by atoms with Gasteiger partial charge in [-0.15, -0.1) is 10.2 Å². The summed E-state index contributed by atoms with van der Waals surface area (Å²) in [4.78, 5) is 12.2. The number of carbonyl (C=O) groups excluding carboxylic acids is 1. The minimum absolute atomic E-state index is 0.109. The summed E-state index contributed by atoms with van der Waals surface area (Å²) < 4.78 is 1.59. The Hall–Kier alpha value is -1.98. The van der Waals surface area contributed by atoms with Crippen molar-refractivity contribution in [3.05, 3.63) is 23.7 Å². The Morgan fingerprint density at radius 2 is 2.05 bits per heavy atom. The number of hydrogen-bond donors (Lipinski definition) is 1. The van der Waals surface area contributed by atoms with E-state index in [1.807, 2.05) is 6.92 Å². The SMILES string of the molecule is Cc1nnc2ccc(C(=O)NC3CCCCC3)nn12. The lowest BCUT2D eigenvalue weighted by atomic mass is 9.95. The summed E-state index contributed by atoms with van der Waals surface area (Å²) in [5.74, 6) is 0.573. The minimum Gasteiger partial charge on any atom is -0.348 e. The Labute approximate surface area is 111 Å². The van der Waals surface area contributed by atoms with Gasteiger partial charge in [-0.05, 0) is 31.9 Å². The first-order valence-electron chi connectivity index (χ1n) is 6.74. The highest BCUT2D eigenvalue weighted by molar-refractivity contribution is 5.92. The van der Waals surface area contributed by atoms with Gasteiger partial charge < -0.3 is 5.32 Å². The van der Waals surface area contributed by atoms with Crippen LogP contribution in [0, 0.1) is 6.92 Å². The van der Waals surface area contributed by atoms with Crippen LogP contribution in [-0.2, 0) is 0 Å². The van der Waals surface area contributed by atoms with Crippen LogP contribution in [-0.4, -0.2) is 31.8 Å². The molecule has 1 N–H and O–H groups in total. The molecule has 0 aromatic carbocycles. The topological polar surface area (TPSA) is 72.2 Å². The van der Waals surface area contributed by atoms with Crippen molar-refractivity contribution in [2.45, 2.75) is 45.1 Å². The zero-order valence-electron chi connectivity index (χ0n) is 11.0. The maximum atomic E-state index is 12.2. The maximum absolute atomic E-state index is 12.2. The Morgan fingerprint density at radius 1 is 1.26 bits per heavy atom. The zero-order chi connectivity index (χ0) is 13.2. The third kappa shape index (κ3) is 2.43. The summed E-state index contributed by atoms with van der Waals surface area (Å²) in [6.07, 6.45) is 5.81. The summed E-state index contributed by atoms with van der Waals surface area (Å²) in [6.45, 7) is 1.82. The van der Waals surface area contributed by atoms with Gasteiger partial charge in [0.05, 0.1) is 0 Å². The molecule has 2 heterocycles. The molecule has 1 aliphatic carbocycles. The van der Waals surface area contributed by atoms with Crippen LogP contribution in [0.5, 0.6) is 0 Å². The van der Waals surface area contributed by atoms with Crippen molar-refractivity contribution < 1.29 is 4.79 Å². The molecule has 100 valence electrons. The van der Waals surface area contributed by atoms with Gasteiger partial charge in [0.2, 0.25) is 0 Å². The second kappa shape index (κ2) is 4.95. The van der Waals surface area contributed by atoms with E-state index in [-0.39, 0.29) is 5.91 Å². The molecule has 0 bridgehead atoms. The molecule has 3 rings (SSSR count). The fourth-order valence-electron chi connectivity index (χ4n) is 2.52. The van der Waals surface area contributed by atoms with Crippen molar-refractivity contribution in [2.24, 2.45) is 0 Å². The lowest BCUT2D eigenvalue weighted by Gasteiger charge is -2.22. The van der Waals surface area contributed by atoms with Gasteiger partial charge in [0.15, 0.2) is 11.5 Å². The molecule has 1 saturated carbocycles. The molecule has 1 aliphatic rings. The molecule has 6 nitrogen and oxygen atoms in total. The fourth-order valence-corrected chi connectivity index (χ4v) is 2.52. The lowest BCUT2D eigenvalue weighted by molar-refractivity contribution is 0.0921. The molecule has 0 saturated heterocycles. The average Bonchev–Trinajstić information content (AvgIpc) is 2.81. The molecule has 0 aliphatic heterocycles. The second-order valence-corrected chi connectivity index (χ2v) is 5.04. The van der Waals surface area contributed by atoms with E-state index in [2.05, 4.69) is 20.6 Å². The largest absolute Gasteiger partial charge is 0.348 e. The zero-order valence-corrected chi connectivity index (χ0v) is 11.0. The minimum atomic E-state index is -0.109. The number of aromatic nitrogens is 4. The van der Waals surface area contributed by atoms with Gasteiger partial charge in [-0.3, -0.25) is 4.79 Å². The van der Waals surface area contributed by atoms with Crippen LogP contribution >= 0.6 is 0 Å². The molecular formula is C13H17N5O. The third-order valence-corrected chi connectivity index (χ3v) is 3.59. The molecule has 1 fully saturated rings. The van der Waals surface area contributed by atoms with Crippen molar-refractivity contribution in [1.82, 2.24) is 25.1 Å². The molecule has 2 aromatic rings. The molecule has 0 atom stereocenters. The summed E-state index contributed by atoms with van der Waals surface area (Å²) in [6, 6.07) is 3.76. The first-order valence-corrected chi connectivity index (χ1v) is 6.74. The molecule has 19 heavy (non-hydrogen) atoms. The predicted octanol–water partition coefficient (Wildman–Crippen LogP) is 1.50. The number of fused-ring (bicyclic) bond motifs is 1. The van der Waals surface area contributed by atoms with E-state index < -0.39 is 0 Å². The molecular weight excluding hydrogens is 242 g/mol. The van der Waals surface area contributed by atoms with Crippen LogP contribution in [0.3, 0.4) is 0 Å². The van der Waals surface area contributed by atoms with Gasteiger partial charge in [-0.1, -0.05) is 19.3 Å². The fraction of sp³-hybridized carbons (Fsp3) is 0.538. The first kappa shape index (κ1) is 12.1. The Bertz CT molecular complexity index is 600. The van der Waals surface area contributed by atoms with Crippen LogP contribution < -0.4 is 5.32 Å². The van der Waals surface area contributed by atoms with E-state index in [1.54, 1.807) is 16.6 Å². The standard InChI is InChI=1S/C13H17N5O/c1-9-15-16-12-8-7-11(17-18(9)12)13(19)14-10-5-3-2-4-6-10/h7-8,10H,2-6H2,1H3,(H,14,19). The number of carbonyl (C=O) groups is 1. The number of aryl methyl sites for hydroxylation is 1. The summed E-state index contributed by atoms with van der Waals surface area (Å²) >= 11 is 0. The number of nitrogens with zero attached hydrogens (tertiary/aromatic N) is 4. The molecule has 0 unspecified atom stereocenters. The van der Waals surface area contributed by atoms with Crippen LogP contribution in [0.25, 0.3) is 5.65 Å². The van der Waals surface area contributed by atoms with Gasteiger partial charge in [0, 0.05) is 6.04 Å². The Morgan fingerprint density at radius 3 is 2.84 bits per heavy atom. The van der Waals surface area contributed by atoms with Gasteiger partial charge in [-0.25, -0.2) is 0 Å². The van der Waals surface area contributed by atoms with E-state index in [9.17, 15) is 4.79 Å². The summed E-state index contributed by atoms with van der Waals surface area (Å²) in [5.41, 5.74) is 1.08. The molecule has 0 radical (unpaired) electrons. The number of hydrogen-bond acceptors (Lipinski definition) is 4. The Balaban J connectivity index is 1.78. The maximum Gasteiger partial charge on any atom is 0.271 e. The van der Waals surface area contributed by atoms with Crippen molar-refractivity contribution in [3.63, 3.8) is 0 Å². The number of nitrogens with one attached hydrogen (secondary N) is 1. The van der Waals surface area contributed by atoms with E-state index >= 15 is 0 Å². The van der Waals surface area contributed by atoms with Gasteiger partial charge >= 0.3 is 0 Å². The van der Waals surface area contributed by atoms with Crippen LogP contribution in [0.4, 0.5) is 0 Å². The lowest BCUT2D eigenvalue weighted by Crippen LogP contribution is -2.36. The average molecular weight is 259 g/mol. The van der Waals surface area contributed by atoms with Gasteiger partial charge in [0.1, 0.15) is 5.69 Å².